The first-order valence-electron chi connectivity index (χ1n) is 4.89. The Morgan fingerprint density at radius 1 is 1.44 bits per heavy atom. The van der Waals surface area contributed by atoms with Gasteiger partial charge in [-0.3, -0.25) is 0 Å². The highest BCUT2D eigenvalue weighted by atomic mass is 32.2. The smallest absolute Gasteiger partial charge is 0.175 e. The normalized spacial score (nSPS) is 13.5. The lowest BCUT2D eigenvalue weighted by atomic mass is 10.1. The van der Waals surface area contributed by atoms with Gasteiger partial charge in [-0.15, -0.1) is 0 Å². The van der Waals surface area contributed by atoms with Crippen molar-refractivity contribution in [2.75, 3.05) is 13.4 Å². The molecule has 0 heterocycles. The van der Waals surface area contributed by atoms with Crippen molar-refractivity contribution in [3.63, 3.8) is 0 Å². The molecule has 16 heavy (non-hydrogen) atoms. The summed E-state index contributed by atoms with van der Waals surface area (Å²) in [6.07, 6.45) is 1.10. The molecule has 0 spiro atoms. The Labute approximate surface area is 95.8 Å². The molecule has 90 valence electrons. The SMILES string of the molecule is COc1cc(S(C)(=O)=O)ccc1CC(C)O. The van der Waals surface area contributed by atoms with Gasteiger partial charge in [0.1, 0.15) is 5.75 Å². The fraction of sp³-hybridized carbons (Fsp3) is 0.455. The quantitative estimate of drug-likeness (QED) is 0.859. The summed E-state index contributed by atoms with van der Waals surface area (Å²) >= 11 is 0. The van der Waals surface area contributed by atoms with Gasteiger partial charge in [-0.1, -0.05) is 6.07 Å². The Morgan fingerprint density at radius 3 is 2.50 bits per heavy atom. The Kier molecular flexibility index (Phi) is 3.93. The molecule has 1 rings (SSSR count). The van der Waals surface area contributed by atoms with E-state index >= 15 is 0 Å². The van der Waals surface area contributed by atoms with Crippen LogP contribution in [0.5, 0.6) is 5.75 Å². The summed E-state index contributed by atoms with van der Waals surface area (Å²) in [5.41, 5.74) is 0.796. The third kappa shape index (κ3) is 3.21. The minimum atomic E-state index is -3.22. The maximum atomic E-state index is 11.3. The lowest BCUT2D eigenvalue weighted by Crippen LogP contribution is -2.07. The molecule has 4 nitrogen and oxygen atoms in total. The molecular formula is C11H16O4S. The number of rotatable bonds is 4. The second-order valence-electron chi connectivity index (χ2n) is 3.80. The molecule has 5 heteroatoms. The van der Waals surface area contributed by atoms with Crippen molar-refractivity contribution in [2.45, 2.75) is 24.3 Å². The van der Waals surface area contributed by atoms with Crippen LogP contribution in [0.2, 0.25) is 0 Å². The van der Waals surface area contributed by atoms with Gasteiger partial charge < -0.3 is 9.84 Å². The van der Waals surface area contributed by atoms with Gasteiger partial charge in [0, 0.05) is 12.7 Å². The molecular weight excluding hydrogens is 228 g/mol. The van der Waals surface area contributed by atoms with E-state index in [1.165, 1.54) is 19.2 Å². The van der Waals surface area contributed by atoms with Gasteiger partial charge in [0.05, 0.1) is 18.1 Å². The number of methoxy groups -OCH3 is 1. The zero-order valence-electron chi connectivity index (χ0n) is 9.60. The fourth-order valence-corrected chi connectivity index (χ4v) is 2.08. The van der Waals surface area contributed by atoms with E-state index in [2.05, 4.69) is 0 Å². The molecule has 0 bridgehead atoms. The van der Waals surface area contributed by atoms with Gasteiger partial charge in [-0.05, 0) is 24.6 Å². The molecule has 0 aromatic heterocycles. The van der Waals surface area contributed by atoms with Crippen molar-refractivity contribution in [3.8, 4) is 5.75 Å². The number of sulfone groups is 1. The van der Waals surface area contributed by atoms with E-state index in [9.17, 15) is 13.5 Å². The molecule has 0 saturated carbocycles. The second-order valence-corrected chi connectivity index (χ2v) is 5.81. The molecule has 0 amide bonds. The maximum absolute atomic E-state index is 11.3. The van der Waals surface area contributed by atoms with E-state index in [1.54, 1.807) is 13.0 Å². The highest BCUT2D eigenvalue weighted by molar-refractivity contribution is 7.90. The van der Waals surface area contributed by atoms with Crippen LogP contribution in [-0.4, -0.2) is 33.0 Å². The Bertz CT molecular complexity index is 463. The van der Waals surface area contributed by atoms with Crippen molar-refractivity contribution in [3.05, 3.63) is 23.8 Å². The summed E-state index contributed by atoms with van der Waals surface area (Å²) in [6.45, 7) is 1.67. The maximum Gasteiger partial charge on any atom is 0.175 e. The largest absolute Gasteiger partial charge is 0.496 e. The van der Waals surface area contributed by atoms with Crippen LogP contribution in [0.3, 0.4) is 0 Å². The van der Waals surface area contributed by atoms with Gasteiger partial charge in [0.15, 0.2) is 9.84 Å². The second kappa shape index (κ2) is 4.84. The van der Waals surface area contributed by atoms with Crippen LogP contribution in [0, 0.1) is 0 Å². The van der Waals surface area contributed by atoms with E-state index in [4.69, 9.17) is 4.74 Å². The summed E-state index contributed by atoms with van der Waals surface area (Å²) < 4.78 is 27.8. The lowest BCUT2D eigenvalue weighted by molar-refractivity contribution is 0.194. The summed E-state index contributed by atoms with van der Waals surface area (Å²) in [6, 6.07) is 4.67. The van der Waals surface area contributed by atoms with Crippen molar-refractivity contribution < 1.29 is 18.3 Å². The first-order chi connectivity index (χ1) is 7.34. The van der Waals surface area contributed by atoms with Gasteiger partial charge in [0.25, 0.3) is 0 Å². The molecule has 1 N–H and O–H groups in total. The fourth-order valence-electron chi connectivity index (χ4n) is 1.44. The standard InChI is InChI=1S/C11H16O4S/c1-8(12)6-9-4-5-10(16(3,13)14)7-11(9)15-2/h4-5,7-8,12H,6H2,1-3H3. The van der Waals surface area contributed by atoms with Gasteiger partial charge >= 0.3 is 0 Å². The molecule has 0 fully saturated rings. The van der Waals surface area contributed by atoms with Crippen molar-refractivity contribution in [1.82, 2.24) is 0 Å². The van der Waals surface area contributed by atoms with Crippen molar-refractivity contribution in [2.24, 2.45) is 0 Å². The zero-order valence-corrected chi connectivity index (χ0v) is 10.4. The van der Waals surface area contributed by atoms with Crippen LogP contribution in [0.25, 0.3) is 0 Å². The van der Waals surface area contributed by atoms with Gasteiger partial charge in [-0.25, -0.2) is 8.42 Å². The van der Waals surface area contributed by atoms with Crippen LogP contribution in [-0.2, 0) is 16.3 Å². The highest BCUT2D eigenvalue weighted by Gasteiger charge is 2.12. The molecule has 1 atom stereocenters. The first-order valence-corrected chi connectivity index (χ1v) is 6.78. The molecule has 0 aliphatic rings. The van der Waals surface area contributed by atoms with Crippen LogP contribution >= 0.6 is 0 Å². The average Bonchev–Trinajstić information content (AvgIpc) is 2.15. The van der Waals surface area contributed by atoms with Crippen molar-refractivity contribution in [1.29, 1.82) is 0 Å². The highest BCUT2D eigenvalue weighted by Crippen LogP contribution is 2.24. The predicted octanol–water partition coefficient (Wildman–Crippen LogP) is 1.02. The van der Waals surface area contributed by atoms with E-state index in [0.29, 0.717) is 12.2 Å². The van der Waals surface area contributed by atoms with E-state index in [1.807, 2.05) is 0 Å². The van der Waals surface area contributed by atoms with E-state index in [-0.39, 0.29) is 4.90 Å². The van der Waals surface area contributed by atoms with Crippen LogP contribution < -0.4 is 4.74 Å². The number of ether oxygens (including phenoxy) is 1. The summed E-state index contributed by atoms with van der Waals surface area (Å²) in [4.78, 5) is 0.221. The topological polar surface area (TPSA) is 63.6 Å². The minimum absolute atomic E-state index is 0.221. The number of hydrogen-bond donors (Lipinski definition) is 1. The average molecular weight is 244 g/mol. The predicted molar refractivity (Wildman–Crippen MR) is 61.5 cm³/mol. The molecule has 0 aliphatic carbocycles. The zero-order chi connectivity index (χ0) is 12.3. The monoisotopic (exact) mass is 244 g/mol. The molecule has 1 unspecified atom stereocenters. The third-order valence-corrected chi connectivity index (χ3v) is 3.31. The molecule has 1 aromatic rings. The van der Waals surface area contributed by atoms with E-state index < -0.39 is 15.9 Å². The Balaban J connectivity index is 3.17. The van der Waals surface area contributed by atoms with Crippen molar-refractivity contribution >= 4 is 9.84 Å². The number of benzene rings is 1. The molecule has 0 radical (unpaired) electrons. The van der Waals surface area contributed by atoms with Crippen LogP contribution in [0.4, 0.5) is 0 Å². The summed E-state index contributed by atoms with van der Waals surface area (Å²) in [5, 5.41) is 9.28. The van der Waals surface area contributed by atoms with Crippen LogP contribution in [0.1, 0.15) is 12.5 Å². The number of aliphatic hydroxyl groups excluding tert-OH is 1. The van der Waals surface area contributed by atoms with Gasteiger partial charge in [-0.2, -0.15) is 0 Å². The first kappa shape index (κ1) is 13.0. The molecule has 0 aliphatic heterocycles. The van der Waals surface area contributed by atoms with E-state index in [0.717, 1.165) is 11.8 Å². The number of aliphatic hydroxyl groups is 1. The summed E-state index contributed by atoms with van der Waals surface area (Å²) in [7, 11) is -1.74. The summed E-state index contributed by atoms with van der Waals surface area (Å²) in [5.74, 6) is 0.490. The van der Waals surface area contributed by atoms with Crippen LogP contribution in [0.15, 0.2) is 23.1 Å². The minimum Gasteiger partial charge on any atom is -0.496 e. The molecule has 1 aromatic carbocycles. The Morgan fingerprint density at radius 2 is 2.06 bits per heavy atom. The lowest BCUT2D eigenvalue weighted by Gasteiger charge is -2.11. The molecule has 0 saturated heterocycles. The third-order valence-electron chi connectivity index (χ3n) is 2.20. The number of hydrogen-bond acceptors (Lipinski definition) is 4. The van der Waals surface area contributed by atoms with Gasteiger partial charge in [0.2, 0.25) is 0 Å². The Hall–Kier alpha value is -1.07.